The largest absolute Gasteiger partial charge is 0.276 e. The molecule has 0 saturated carbocycles. The van der Waals surface area contributed by atoms with Gasteiger partial charge in [0.1, 0.15) is 0 Å². The van der Waals surface area contributed by atoms with Gasteiger partial charge in [0.25, 0.3) is 11.1 Å². The zero-order chi connectivity index (χ0) is 20.1. The molecule has 0 radical (unpaired) electrons. The molecular formula is C21H29Cl3N2O2. The maximum absolute atomic E-state index is 12.2. The number of benzene rings is 2. The van der Waals surface area contributed by atoms with Crippen LogP contribution in [-0.4, -0.2) is 21.7 Å². The van der Waals surface area contributed by atoms with Crippen LogP contribution in [0.15, 0.2) is 42.5 Å². The molecule has 0 aliphatic rings. The van der Waals surface area contributed by atoms with Crippen LogP contribution in [0.5, 0.6) is 0 Å². The monoisotopic (exact) mass is 446 g/mol. The third kappa shape index (κ3) is 8.19. The summed E-state index contributed by atoms with van der Waals surface area (Å²) < 4.78 is 0. The summed E-state index contributed by atoms with van der Waals surface area (Å²) in [5, 5.41) is 0.884. The fourth-order valence-corrected chi connectivity index (χ4v) is 2.23. The number of nitrogens with zero attached hydrogens (tertiary/aromatic N) is 1. The molecule has 0 unspecified atom stereocenters. The van der Waals surface area contributed by atoms with E-state index in [9.17, 15) is 9.59 Å². The van der Waals surface area contributed by atoms with Crippen molar-refractivity contribution in [3.8, 4) is 0 Å². The number of halogens is 3. The number of carbonyl (C=O) groups excluding carboxylic acids is 2. The molecule has 0 aromatic heterocycles. The normalized spacial score (nSPS) is 9.86. The fraction of sp³-hybridized carbons (Fsp3) is 0.333. The van der Waals surface area contributed by atoms with Crippen LogP contribution in [0.3, 0.4) is 0 Å². The summed E-state index contributed by atoms with van der Waals surface area (Å²) in [7, 11) is 0. The molecular weight excluding hydrogens is 419 g/mol. The second-order valence-electron chi connectivity index (χ2n) is 7.23. The first-order valence-corrected chi connectivity index (χ1v) is 8.75. The van der Waals surface area contributed by atoms with E-state index in [0.29, 0.717) is 11.1 Å². The molecule has 2 rings (SSSR count). The lowest BCUT2D eigenvalue weighted by Gasteiger charge is -2.31. The molecule has 0 heterocycles. The van der Waals surface area contributed by atoms with Crippen LogP contribution >= 0.6 is 36.4 Å². The highest BCUT2D eigenvalue weighted by Gasteiger charge is 2.25. The van der Waals surface area contributed by atoms with E-state index in [1.807, 2.05) is 71.9 Å². The Morgan fingerprint density at radius 1 is 0.929 bits per heavy atom. The number of hydrazine groups is 1. The Morgan fingerprint density at radius 2 is 1.43 bits per heavy atom. The van der Waals surface area contributed by atoms with Crippen LogP contribution in [0.25, 0.3) is 0 Å². The summed E-state index contributed by atoms with van der Waals surface area (Å²) >= 11 is 5.22. The summed E-state index contributed by atoms with van der Waals surface area (Å²) in [6.45, 7) is 11.6. The average molecular weight is 448 g/mol. The highest BCUT2D eigenvalue weighted by atomic mass is 35.5. The van der Waals surface area contributed by atoms with Gasteiger partial charge in [-0.2, -0.15) is 0 Å². The van der Waals surface area contributed by atoms with Gasteiger partial charge < -0.3 is 0 Å². The van der Waals surface area contributed by atoms with Gasteiger partial charge in [0, 0.05) is 11.1 Å². The number of hydrogen-bond donors (Lipinski definition) is 1. The Labute approximate surface area is 185 Å². The average Bonchev–Trinajstić information content (AvgIpc) is 2.56. The second kappa shape index (κ2) is 12.1. The van der Waals surface area contributed by atoms with Crippen LogP contribution in [-0.2, 0) is 0 Å². The van der Waals surface area contributed by atoms with Gasteiger partial charge in [-0.1, -0.05) is 29.8 Å². The highest BCUT2D eigenvalue weighted by Crippen LogP contribution is 2.18. The lowest BCUT2D eigenvalue weighted by molar-refractivity contribution is 0.0581. The van der Waals surface area contributed by atoms with Gasteiger partial charge in [-0.05, 0) is 82.5 Å². The van der Waals surface area contributed by atoms with E-state index in [1.165, 1.54) is 5.01 Å². The van der Waals surface area contributed by atoms with Crippen LogP contribution in [0.2, 0.25) is 0 Å². The summed E-state index contributed by atoms with van der Waals surface area (Å²) in [4.78, 5) is 22.7. The molecule has 0 aliphatic heterocycles. The van der Waals surface area contributed by atoms with E-state index in [-0.39, 0.29) is 36.3 Å². The van der Waals surface area contributed by atoms with E-state index in [1.54, 1.807) is 12.1 Å². The third-order valence-corrected chi connectivity index (χ3v) is 4.27. The van der Waals surface area contributed by atoms with E-state index in [4.69, 9.17) is 17.4 Å². The Balaban J connectivity index is 0. The minimum absolute atomic E-state index is 0. The number of amides is 1. The van der Waals surface area contributed by atoms with Gasteiger partial charge in [0.2, 0.25) is 0 Å². The van der Waals surface area contributed by atoms with E-state index < -0.39 is 5.24 Å². The zero-order valence-electron chi connectivity index (χ0n) is 17.1. The molecule has 1 amide bonds. The lowest BCUT2D eigenvalue weighted by Crippen LogP contribution is -2.50. The molecule has 0 fully saturated rings. The molecule has 0 aliphatic carbocycles. The van der Waals surface area contributed by atoms with Crippen molar-refractivity contribution < 1.29 is 9.59 Å². The van der Waals surface area contributed by atoms with Gasteiger partial charge >= 0.3 is 0 Å². The summed E-state index contributed by atoms with van der Waals surface area (Å²) in [6, 6.07) is 12.8. The number of nitrogens with two attached hydrogens (primary N) is 1. The van der Waals surface area contributed by atoms with Gasteiger partial charge in [-0.15, -0.1) is 24.8 Å². The molecule has 0 saturated heterocycles. The Kier molecular flexibility index (Phi) is 12.3. The first-order valence-electron chi connectivity index (χ1n) is 8.37. The quantitative estimate of drug-likeness (QED) is 0.280. The first-order chi connectivity index (χ1) is 11.9. The van der Waals surface area contributed by atoms with Gasteiger partial charge in [0.15, 0.2) is 0 Å². The van der Waals surface area contributed by atoms with Crippen LogP contribution in [0, 0.1) is 20.8 Å². The molecule has 7 heteroatoms. The molecule has 2 aromatic carbocycles. The minimum Gasteiger partial charge on any atom is -0.276 e. The molecule has 156 valence electrons. The Hall–Kier alpha value is -1.59. The van der Waals surface area contributed by atoms with Crippen molar-refractivity contribution in [2.45, 2.75) is 47.1 Å². The summed E-state index contributed by atoms with van der Waals surface area (Å²) in [6.07, 6.45) is 0. The molecule has 0 spiro atoms. The predicted molar refractivity (Wildman–Crippen MR) is 122 cm³/mol. The topological polar surface area (TPSA) is 63.4 Å². The molecule has 0 bridgehead atoms. The zero-order valence-corrected chi connectivity index (χ0v) is 19.5. The molecule has 28 heavy (non-hydrogen) atoms. The van der Waals surface area contributed by atoms with Crippen molar-refractivity contribution in [2.75, 3.05) is 0 Å². The minimum atomic E-state index is -0.403. The number of hydrogen-bond acceptors (Lipinski definition) is 3. The number of aryl methyl sites for hydroxylation is 2. The summed E-state index contributed by atoms with van der Waals surface area (Å²) in [5.41, 5.74) is 4.08. The van der Waals surface area contributed by atoms with Gasteiger partial charge in [0.05, 0.1) is 5.54 Å². The molecule has 4 nitrogen and oxygen atoms in total. The molecule has 0 atom stereocenters. The number of rotatable bonds is 2. The predicted octanol–water partition coefficient (Wildman–Crippen LogP) is 5.64. The van der Waals surface area contributed by atoms with Gasteiger partial charge in [-0.3, -0.25) is 14.6 Å². The van der Waals surface area contributed by atoms with Crippen LogP contribution in [0.1, 0.15) is 58.2 Å². The van der Waals surface area contributed by atoms with Crippen molar-refractivity contribution >= 4 is 47.6 Å². The lowest BCUT2D eigenvalue weighted by atomic mass is 10.0. The Bertz CT molecular complexity index is 785. The Morgan fingerprint density at radius 3 is 1.86 bits per heavy atom. The van der Waals surface area contributed by atoms with Crippen LogP contribution < -0.4 is 5.84 Å². The van der Waals surface area contributed by atoms with Crippen molar-refractivity contribution in [3.63, 3.8) is 0 Å². The fourth-order valence-electron chi connectivity index (χ4n) is 2.10. The maximum atomic E-state index is 12.2. The highest BCUT2D eigenvalue weighted by molar-refractivity contribution is 6.67. The second-order valence-corrected chi connectivity index (χ2v) is 7.58. The van der Waals surface area contributed by atoms with E-state index in [2.05, 4.69) is 0 Å². The maximum Gasteiger partial charge on any atom is 0.268 e. The smallest absolute Gasteiger partial charge is 0.268 e. The summed E-state index contributed by atoms with van der Waals surface area (Å²) in [5.74, 6) is 5.70. The van der Waals surface area contributed by atoms with Gasteiger partial charge in [-0.25, -0.2) is 5.84 Å². The SMILES string of the molecule is Cc1ccc(C(=O)Cl)cc1.Cc1cccc(C(=O)N(N)C(C)(C)C)c1C.Cl.Cl. The molecule has 2 N–H and O–H groups in total. The van der Waals surface area contributed by atoms with Crippen molar-refractivity contribution in [1.82, 2.24) is 5.01 Å². The number of carbonyl (C=O) groups is 2. The first kappa shape index (κ1) is 28.6. The van der Waals surface area contributed by atoms with E-state index in [0.717, 1.165) is 16.7 Å². The van der Waals surface area contributed by atoms with Crippen molar-refractivity contribution in [3.05, 3.63) is 70.3 Å². The van der Waals surface area contributed by atoms with Crippen LogP contribution in [0.4, 0.5) is 0 Å². The molecule has 2 aromatic rings. The van der Waals surface area contributed by atoms with Crippen molar-refractivity contribution in [2.24, 2.45) is 5.84 Å². The van der Waals surface area contributed by atoms with E-state index >= 15 is 0 Å². The third-order valence-electron chi connectivity index (χ3n) is 4.06. The van der Waals surface area contributed by atoms with Crippen molar-refractivity contribution in [1.29, 1.82) is 0 Å². The standard InChI is InChI=1S/C13H20N2O.C8H7ClO.2ClH/c1-9-7-6-8-11(10(9)2)12(16)15(14)13(3,4)5;1-6-2-4-7(5-3-6)8(9)10;;/h6-8H,14H2,1-5H3;2-5H,1H3;2*1H.